The number of halogens is 5. The average molecular weight is 284 g/mol. The zero-order chi connectivity index (χ0) is 14.1. The van der Waals surface area contributed by atoms with Gasteiger partial charge in [0, 0.05) is 14.2 Å². The molecule has 0 unspecified atom stereocenters. The molecule has 0 saturated carbocycles. The van der Waals surface area contributed by atoms with Crippen LogP contribution >= 0.6 is 0 Å². The van der Waals surface area contributed by atoms with Crippen LogP contribution in [0.15, 0.2) is 12.3 Å². The maximum absolute atomic E-state index is 13.6. The maximum Gasteiger partial charge on any atom is 0.404 e. The van der Waals surface area contributed by atoms with Gasteiger partial charge in [0.1, 0.15) is 0 Å². The molecule has 0 aliphatic rings. The van der Waals surface area contributed by atoms with Crippen LogP contribution in [0.2, 0.25) is 0 Å². The van der Waals surface area contributed by atoms with Crippen molar-refractivity contribution >= 4 is 13.7 Å². The van der Waals surface area contributed by atoms with Crippen LogP contribution in [0.3, 0.4) is 0 Å². The van der Waals surface area contributed by atoms with Gasteiger partial charge in [0.2, 0.25) is 5.82 Å². The van der Waals surface area contributed by atoms with Crippen molar-refractivity contribution in [2.75, 3.05) is 14.2 Å². The molecule has 0 heterocycles. The van der Waals surface area contributed by atoms with Crippen LogP contribution in [-0.4, -0.2) is 22.8 Å². The Kier molecular flexibility index (Phi) is 4.25. The summed E-state index contributed by atoms with van der Waals surface area (Å²) in [5.41, 5.74) is 0.922. The van der Waals surface area contributed by atoms with Crippen LogP contribution < -0.4 is 5.19 Å². The van der Waals surface area contributed by atoms with Crippen molar-refractivity contribution in [3.05, 3.63) is 41.4 Å². The first-order valence-electron chi connectivity index (χ1n) is 4.62. The minimum Gasteiger partial charge on any atom is -0.391 e. The van der Waals surface area contributed by atoms with Gasteiger partial charge < -0.3 is 8.85 Å². The van der Waals surface area contributed by atoms with E-state index in [-0.39, 0.29) is 0 Å². The van der Waals surface area contributed by atoms with Crippen molar-refractivity contribution in [2.45, 2.75) is 0 Å². The van der Waals surface area contributed by atoms with Crippen molar-refractivity contribution in [3.63, 3.8) is 0 Å². The predicted molar refractivity (Wildman–Crippen MR) is 55.8 cm³/mol. The van der Waals surface area contributed by atoms with Gasteiger partial charge in [-0.3, -0.25) is 0 Å². The summed E-state index contributed by atoms with van der Waals surface area (Å²) in [4.78, 5) is 0. The van der Waals surface area contributed by atoms with E-state index >= 15 is 0 Å². The Labute approximate surface area is 101 Å². The summed E-state index contributed by atoms with van der Waals surface area (Å²) in [6.45, 7) is 3.25. The highest BCUT2D eigenvalue weighted by Crippen LogP contribution is 2.20. The van der Waals surface area contributed by atoms with E-state index in [0.29, 0.717) is 0 Å². The number of benzene rings is 1. The normalized spacial score (nSPS) is 11.7. The van der Waals surface area contributed by atoms with Crippen molar-refractivity contribution in [3.8, 4) is 0 Å². The molecule has 1 aromatic carbocycles. The standard InChI is InChI=1S/C10H9F5O2Si/c1-4-18(16-2,17-3)10-8(14)6(12)5(11)7(13)9(10)15/h4H,1H2,2-3H3. The summed E-state index contributed by atoms with van der Waals surface area (Å²) < 4.78 is 75.7. The van der Waals surface area contributed by atoms with E-state index in [2.05, 4.69) is 6.58 Å². The third-order valence-electron chi connectivity index (χ3n) is 2.43. The lowest BCUT2D eigenvalue weighted by atomic mass is 10.3. The first kappa shape index (κ1) is 14.8. The van der Waals surface area contributed by atoms with E-state index in [4.69, 9.17) is 8.85 Å². The maximum atomic E-state index is 13.6. The molecule has 0 bridgehead atoms. The zero-order valence-electron chi connectivity index (χ0n) is 9.49. The first-order valence-corrected chi connectivity index (χ1v) is 6.51. The third-order valence-corrected chi connectivity index (χ3v) is 5.32. The molecule has 1 aromatic rings. The van der Waals surface area contributed by atoms with Crippen LogP contribution in [0, 0.1) is 29.1 Å². The Hall–Kier alpha value is -1.25. The van der Waals surface area contributed by atoms with Crippen LogP contribution in [0.4, 0.5) is 22.0 Å². The summed E-state index contributed by atoms with van der Waals surface area (Å²) in [6, 6.07) is 0. The van der Waals surface area contributed by atoms with Crippen LogP contribution in [0.1, 0.15) is 0 Å². The van der Waals surface area contributed by atoms with Gasteiger partial charge in [-0.1, -0.05) is 0 Å². The summed E-state index contributed by atoms with van der Waals surface area (Å²) in [5.74, 6) is -10.3. The van der Waals surface area contributed by atoms with E-state index in [1.165, 1.54) is 0 Å². The Bertz CT molecular complexity index is 459. The second kappa shape index (κ2) is 5.17. The van der Waals surface area contributed by atoms with Crippen molar-refractivity contribution in [1.82, 2.24) is 0 Å². The Morgan fingerprint density at radius 2 is 1.17 bits per heavy atom. The molecule has 0 radical (unpaired) electrons. The number of hydrogen-bond acceptors (Lipinski definition) is 2. The van der Waals surface area contributed by atoms with Crippen LogP contribution in [-0.2, 0) is 8.85 Å². The van der Waals surface area contributed by atoms with E-state index in [1.807, 2.05) is 0 Å². The molecule has 0 aliphatic carbocycles. The summed E-state index contributed by atoms with van der Waals surface area (Å²) in [6.07, 6.45) is 0. The van der Waals surface area contributed by atoms with Gasteiger partial charge in [-0.05, 0) is 5.70 Å². The molecule has 0 spiro atoms. The quantitative estimate of drug-likeness (QED) is 0.365. The average Bonchev–Trinajstić information content (AvgIpc) is 2.39. The molecular weight excluding hydrogens is 275 g/mol. The molecule has 0 saturated heterocycles. The monoisotopic (exact) mass is 284 g/mol. The largest absolute Gasteiger partial charge is 0.404 e. The van der Waals surface area contributed by atoms with E-state index in [0.717, 1.165) is 19.9 Å². The molecule has 0 aliphatic heterocycles. The SMILES string of the molecule is C=C[Si](OC)(OC)c1c(F)c(F)c(F)c(F)c1F. The van der Waals surface area contributed by atoms with Crippen molar-refractivity contribution < 1.29 is 30.8 Å². The molecule has 2 nitrogen and oxygen atoms in total. The lowest BCUT2D eigenvalue weighted by Crippen LogP contribution is -2.55. The Morgan fingerprint density at radius 1 is 0.833 bits per heavy atom. The number of hydrogen-bond donors (Lipinski definition) is 0. The van der Waals surface area contributed by atoms with E-state index in [1.54, 1.807) is 0 Å². The van der Waals surface area contributed by atoms with E-state index in [9.17, 15) is 22.0 Å². The topological polar surface area (TPSA) is 18.5 Å². The molecule has 0 amide bonds. The molecule has 0 N–H and O–H groups in total. The van der Waals surface area contributed by atoms with Gasteiger partial charge in [-0.15, -0.1) is 6.58 Å². The summed E-state index contributed by atoms with van der Waals surface area (Å²) in [5, 5.41) is -1.11. The van der Waals surface area contributed by atoms with Gasteiger partial charge in [-0.25, -0.2) is 22.0 Å². The fourth-order valence-electron chi connectivity index (χ4n) is 1.47. The van der Waals surface area contributed by atoms with Gasteiger partial charge >= 0.3 is 8.56 Å². The fourth-order valence-corrected chi connectivity index (χ4v) is 3.41. The highest BCUT2D eigenvalue weighted by atomic mass is 28.4. The van der Waals surface area contributed by atoms with Gasteiger partial charge in [0.25, 0.3) is 0 Å². The predicted octanol–water partition coefficient (Wildman–Crippen LogP) is 2.05. The molecule has 0 atom stereocenters. The lowest BCUT2D eigenvalue weighted by Gasteiger charge is -2.24. The van der Waals surface area contributed by atoms with Crippen molar-refractivity contribution in [1.29, 1.82) is 0 Å². The van der Waals surface area contributed by atoms with Crippen LogP contribution in [0.5, 0.6) is 0 Å². The second-order valence-corrected chi connectivity index (χ2v) is 6.28. The van der Waals surface area contributed by atoms with Crippen molar-refractivity contribution in [2.24, 2.45) is 0 Å². The molecule has 1 rings (SSSR count). The summed E-state index contributed by atoms with van der Waals surface area (Å²) >= 11 is 0. The van der Waals surface area contributed by atoms with Gasteiger partial charge in [-0.2, -0.15) is 0 Å². The van der Waals surface area contributed by atoms with Crippen LogP contribution in [0.25, 0.3) is 0 Å². The van der Waals surface area contributed by atoms with Gasteiger partial charge in [0.05, 0.1) is 5.19 Å². The Balaban J connectivity index is 3.74. The van der Waals surface area contributed by atoms with Gasteiger partial charge in [0.15, 0.2) is 23.3 Å². The highest BCUT2D eigenvalue weighted by Gasteiger charge is 2.44. The minimum atomic E-state index is -3.90. The molecule has 8 heteroatoms. The molecule has 0 aromatic heterocycles. The fraction of sp³-hybridized carbons (Fsp3) is 0.200. The molecule has 18 heavy (non-hydrogen) atoms. The lowest BCUT2D eigenvalue weighted by molar-refractivity contribution is 0.266. The Morgan fingerprint density at radius 3 is 1.44 bits per heavy atom. The highest BCUT2D eigenvalue weighted by molar-refractivity contribution is 6.85. The minimum absolute atomic E-state index is 0.922. The molecular formula is C10H9F5O2Si. The van der Waals surface area contributed by atoms with E-state index < -0.39 is 42.8 Å². The zero-order valence-corrected chi connectivity index (χ0v) is 10.5. The molecule has 100 valence electrons. The number of rotatable bonds is 4. The second-order valence-electron chi connectivity index (χ2n) is 3.22. The molecule has 0 fully saturated rings. The third kappa shape index (κ3) is 1.96. The smallest absolute Gasteiger partial charge is 0.391 e. The first-order chi connectivity index (χ1) is 8.36. The summed E-state index contributed by atoms with van der Waals surface area (Å²) in [7, 11) is -1.83.